The maximum atomic E-state index is 5.91. The third-order valence-corrected chi connectivity index (χ3v) is 3.81. The van der Waals surface area contributed by atoms with Gasteiger partial charge in [-0.15, -0.1) is 11.6 Å². The molecule has 0 saturated heterocycles. The van der Waals surface area contributed by atoms with Gasteiger partial charge in [0.2, 0.25) is 0 Å². The molecule has 0 N–H and O–H groups in total. The minimum absolute atomic E-state index is 0.654. The lowest BCUT2D eigenvalue weighted by Gasteiger charge is -2.23. The van der Waals surface area contributed by atoms with Crippen LogP contribution in [0.5, 0.6) is 0 Å². The van der Waals surface area contributed by atoms with Gasteiger partial charge in [0.15, 0.2) is 0 Å². The summed E-state index contributed by atoms with van der Waals surface area (Å²) in [5, 5.41) is 0. The molecule has 0 aliphatic carbocycles. The second kappa shape index (κ2) is 6.98. The smallest absolute Gasteiger partial charge is 0.109 e. The summed E-state index contributed by atoms with van der Waals surface area (Å²) in [5.41, 5.74) is 3.52. The maximum Gasteiger partial charge on any atom is 0.109 e. The van der Waals surface area contributed by atoms with Crippen LogP contribution in [-0.4, -0.2) is 28.5 Å². The highest BCUT2D eigenvalue weighted by Crippen LogP contribution is 2.23. The van der Waals surface area contributed by atoms with E-state index in [4.69, 9.17) is 16.6 Å². The Labute approximate surface area is 126 Å². The van der Waals surface area contributed by atoms with E-state index in [0.29, 0.717) is 5.88 Å². The van der Waals surface area contributed by atoms with E-state index in [1.54, 1.807) is 0 Å². The third-order valence-electron chi connectivity index (χ3n) is 3.64. The van der Waals surface area contributed by atoms with Crippen molar-refractivity contribution in [3.63, 3.8) is 0 Å². The highest BCUT2D eigenvalue weighted by molar-refractivity contribution is 6.18. The predicted molar refractivity (Wildman–Crippen MR) is 87.9 cm³/mol. The van der Waals surface area contributed by atoms with E-state index in [9.17, 15) is 0 Å². The fraction of sp³-hybridized carbons (Fsp3) is 0.562. The van der Waals surface area contributed by atoms with Gasteiger partial charge in [-0.1, -0.05) is 13.8 Å². The molecule has 1 heterocycles. The number of hydrogen-bond donors (Lipinski definition) is 0. The summed E-state index contributed by atoms with van der Waals surface area (Å²) in [6.07, 6.45) is 3.28. The van der Waals surface area contributed by atoms with Crippen molar-refractivity contribution < 1.29 is 0 Å². The van der Waals surface area contributed by atoms with Gasteiger partial charge in [-0.25, -0.2) is 4.98 Å². The van der Waals surface area contributed by atoms with Crippen molar-refractivity contribution >= 4 is 28.3 Å². The van der Waals surface area contributed by atoms with Gasteiger partial charge < -0.3 is 9.47 Å². The average Bonchev–Trinajstić information content (AvgIpc) is 2.75. The third kappa shape index (κ3) is 3.09. The quantitative estimate of drug-likeness (QED) is 0.720. The molecule has 0 aliphatic rings. The van der Waals surface area contributed by atoms with Gasteiger partial charge in [0.25, 0.3) is 0 Å². The van der Waals surface area contributed by atoms with Crippen LogP contribution in [0.3, 0.4) is 0 Å². The van der Waals surface area contributed by atoms with Crippen LogP contribution in [0.15, 0.2) is 18.2 Å². The molecule has 0 saturated carbocycles. The number of aromatic nitrogens is 2. The lowest BCUT2D eigenvalue weighted by atomic mass is 10.2. The van der Waals surface area contributed by atoms with E-state index < -0.39 is 0 Å². The molecule has 3 nitrogen and oxygen atoms in total. The Morgan fingerprint density at radius 2 is 2.00 bits per heavy atom. The van der Waals surface area contributed by atoms with Crippen molar-refractivity contribution in [2.75, 3.05) is 23.9 Å². The van der Waals surface area contributed by atoms with Crippen LogP contribution in [-0.2, 0) is 13.5 Å². The molecule has 0 radical (unpaired) electrons. The molecule has 0 fully saturated rings. The highest BCUT2D eigenvalue weighted by atomic mass is 35.5. The molecule has 110 valence electrons. The molecule has 0 spiro atoms. The SMILES string of the molecule is CCCc1nc2cc(N(CCC)CCCl)ccc2n1C. The molecule has 0 unspecified atom stereocenters. The van der Waals surface area contributed by atoms with E-state index in [2.05, 4.69) is 48.6 Å². The Morgan fingerprint density at radius 1 is 1.20 bits per heavy atom. The minimum Gasteiger partial charge on any atom is -0.370 e. The summed E-state index contributed by atoms with van der Waals surface area (Å²) in [6.45, 7) is 6.30. The fourth-order valence-corrected chi connectivity index (χ4v) is 2.83. The summed E-state index contributed by atoms with van der Waals surface area (Å²) < 4.78 is 2.20. The van der Waals surface area contributed by atoms with Gasteiger partial charge in [-0.2, -0.15) is 0 Å². The first-order valence-electron chi connectivity index (χ1n) is 7.47. The van der Waals surface area contributed by atoms with Crippen molar-refractivity contribution in [3.05, 3.63) is 24.0 Å². The predicted octanol–water partition coefficient (Wildman–Crippen LogP) is 3.98. The molecular formula is C16H24ClN3. The summed E-state index contributed by atoms with van der Waals surface area (Å²) >= 11 is 5.91. The minimum atomic E-state index is 0.654. The standard InChI is InChI=1S/C16H24ClN3/c1-4-6-16-18-14-12-13(7-8-15(14)19(16)3)20(10-5-2)11-9-17/h7-8,12H,4-6,9-11H2,1-3H3. The second-order valence-electron chi connectivity index (χ2n) is 5.19. The molecule has 0 atom stereocenters. The number of aryl methyl sites for hydroxylation is 2. The fourth-order valence-electron chi connectivity index (χ4n) is 2.62. The molecule has 0 amide bonds. The number of nitrogens with zero attached hydrogens (tertiary/aromatic N) is 3. The summed E-state index contributed by atoms with van der Waals surface area (Å²) in [4.78, 5) is 7.10. The molecule has 20 heavy (non-hydrogen) atoms. The first kappa shape index (κ1) is 15.2. The van der Waals surface area contributed by atoms with Crippen molar-refractivity contribution in [1.82, 2.24) is 9.55 Å². The molecule has 2 rings (SSSR count). The molecule has 2 aromatic rings. The molecular weight excluding hydrogens is 270 g/mol. The van der Waals surface area contributed by atoms with E-state index in [1.807, 2.05) is 0 Å². The zero-order chi connectivity index (χ0) is 14.5. The summed E-state index contributed by atoms with van der Waals surface area (Å²) in [5.74, 6) is 1.82. The van der Waals surface area contributed by atoms with Gasteiger partial charge in [-0.05, 0) is 31.0 Å². The largest absolute Gasteiger partial charge is 0.370 e. The maximum absolute atomic E-state index is 5.91. The van der Waals surface area contributed by atoms with Crippen LogP contribution >= 0.6 is 11.6 Å². The number of anilines is 1. The van der Waals surface area contributed by atoms with E-state index in [-0.39, 0.29) is 0 Å². The van der Waals surface area contributed by atoms with Gasteiger partial charge in [-0.3, -0.25) is 0 Å². The molecule has 0 aliphatic heterocycles. The Morgan fingerprint density at radius 3 is 2.65 bits per heavy atom. The first-order valence-corrected chi connectivity index (χ1v) is 8.01. The number of alkyl halides is 1. The Balaban J connectivity index is 2.36. The highest BCUT2D eigenvalue weighted by Gasteiger charge is 2.10. The van der Waals surface area contributed by atoms with Crippen LogP contribution < -0.4 is 4.90 Å². The number of fused-ring (bicyclic) bond motifs is 1. The number of imidazole rings is 1. The lowest BCUT2D eigenvalue weighted by Crippen LogP contribution is -2.26. The van der Waals surface area contributed by atoms with Crippen LogP contribution in [0.2, 0.25) is 0 Å². The van der Waals surface area contributed by atoms with Gasteiger partial charge in [0, 0.05) is 38.1 Å². The molecule has 1 aromatic heterocycles. The van der Waals surface area contributed by atoms with Crippen LogP contribution in [0.25, 0.3) is 11.0 Å². The molecule has 1 aromatic carbocycles. The Bertz CT molecular complexity index is 556. The number of rotatable bonds is 7. The number of hydrogen-bond acceptors (Lipinski definition) is 2. The van der Waals surface area contributed by atoms with Crippen LogP contribution in [0, 0.1) is 0 Å². The van der Waals surface area contributed by atoms with Gasteiger partial charge in [0.05, 0.1) is 11.0 Å². The second-order valence-corrected chi connectivity index (χ2v) is 5.56. The zero-order valence-corrected chi connectivity index (χ0v) is 13.5. The number of benzene rings is 1. The molecule has 0 bridgehead atoms. The topological polar surface area (TPSA) is 21.1 Å². The zero-order valence-electron chi connectivity index (χ0n) is 12.7. The number of halogens is 1. The average molecular weight is 294 g/mol. The van der Waals surface area contributed by atoms with Crippen molar-refractivity contribution in [3.8, 4) is 0 Å². The van der Waals surface area contributed by atoms with E-state index in [1.165, 1.54) is 17.0 Å². The lowest BCUT2D eigenvalue weighted by molar-refractivity contribution is 0.773. The molecule has 4 heteroatoms. The normalized spacial score (nSPS) is 11.2. The van der Waals surface area contributed by atoms with E-state index in [0.717, 1.165) is 37.9 Å². The first-order chi connectivity index (χ1) is 9.71. The summed E-state index contributed by atoms with van der Waals surface area (Å²) in [7, 11) is 2.10. The van der Waals surface area contributed by atoms with Gasteiger partial charge in [0.1, 0.15) is 5.82 Å². The Kier molecular flexibility index (Phi) is 5.30. The monoisotopic (exact) mass is 293 g/mol. The van der Waals surface area contributed by atoms with Crippen molar-refractivity contribution in [2.24, 2.45) is 7.05 Å². The van der Waals surface area contributed by atoms with Crippen LogP contribution in [0.4, 0.5) is 5.69 Å². The summed E-state index contributed by atoms with van der Waals surface area (Å²) in [6, 6.07) is 6.55. The van der Waals surface area contributed by atoms with Crippen molar-refractivity contribution in [2.45, 2.75) is 33.1 Å². The van der Waals surface area contributed by atoms with Crippen LogP contribution in [0.1, 0.15) is 32.5 Å². The van der Waals surface area contributed by atoms with Gasteiger partial charge >= 0.3 is 0 Å². The Hall–Kier alpha value is -1.22. The van der Waals surface area contributed by atoms with E-state index >= 15 is 0 Å². The van der Waals surface area contributed by atoms with Crippen molar-refractivity contribution in [1.29, 1.82) is 0 Å².